The highest BCUT2D eigenvalue weighted by molar-refractivity contribution is 5.81. The maximum absolute atomic E-state index is 12.0. The molecule has 1 aliphatic heterocycles. The van der Waals surface area contributed by atoms with Crippen LogP contribution in [0.2, 0.25) is 0 Å². The molecular formula is C14H28N4O4. The molecule has 4 N–H and O–H groups in total. The van der Waals surface area contributed by atoms with E-state index in [1.165, 1.54) is 0 Å². The predicted molar refractivity (Wildman–Crippen MR) is 82.1 cm³/mol. The van der Waals surface area contributed by atoms with Crippen molar-refractivity contribution in [3.63, 3.8) is 0 Å². The molecule has 2 amide bonds. The molecule has 0 aromatic carbocycles. The predicted octanol–water partition coefficient (Wildman–Crippen LogP) is -1.62. The maximum Gasteiger partial charge on any atom is 0.239 e. The molecule has 1 aliphatic rings. The Morgan fingerprint density at radius 1 is 0.773 bits per heavy atom. The van der Waals surface area contributed by atoms with Crippen LogP contribution in [0.25, 0.3) is 0 Å². The van der Waals surface area contributed by atoms with Crippen molar-refractivity contribution in [2.24, 2.45) is 11.5 Å². The zero-order valence-electron chi connectivity index (χ0n) is 13.5. The summed E-state index contributed by atoms with van der Waals surface area (Å²) in [4.78, 5) is 27.2. The van der Waals surface area contributed by atoms with Crippen LogP contribution in [0.15, 0.2) is 0 Å². The molecule has 1 saturated heterocycles. The lowest BCUT2D eigenvalue weighted by atomic mass is 10.3. The molecule has 0 spiro atoms. The van der Waals surface area contributed by atoms with Gasteiger partial charge in [0.2, 0.25) is 11.8 Å². The lowest BCUT2D eigenvalue weighted by Gasteiger charge is -2.28. The molecule has 1 rings (SSSR count). The molecule has 1 heterocycles. The van der Waals surface area contributed by atoms with E-state index in [0.29, 0.717) is 52.6 Å². The Kier molecular flexibility index (Phi) is 8.32. The number of carbonyl (C=O) groups excluding carboxylic acids is 2. The van der Waals surface area contributed by atoms with Crippen molar-refractivity contribution in [3.8, 4) is 0 Å². The van der Waals surface area contributed by atoms with E-state index in [-0.39, 0.29) is 11.8 Å². The Labute approximate surface area is 131 Å². The van der Waals surface area contributed by atoms with Crippen LogP contribution in [-0.2, 0) is 19.1 Å². The first-order valence-electron chi connectivity index (χ1n) is 7.67. The van der Waals surface area contributed by atoms with Crippen LogP contribution in [0, 0.1) is 0 Å². The molecule has 0 bridgehead atoms. The third kappa shape index (κ3) is 6.27. The standard InChI is InChI=1S/C14H28N4O4/c1-11(15)13(19)17-3-7-21-9-5-18(14(20)12(2)16)6-10-22-8-4-17/h11-12H,3-10,15-16H2,1-2H3. The van der Waals surface area contributed by atoms with Gasteiger partial charge in [-0.05, 0) is 13.8 Å². The topological polar surface area (TPSA) is 111 Å². The lowest BCUT2D eigenvalue weighted by Crippen LogP contribution is -2.47. The first kappa shape index (κ1) is 18.8. The fraction of sp³-hybridized carbons (Fsp3) is 0.857. The summed E-state index contributed by atoms with van der Waals surface area (Å²) in [5.74, 6) is -0.226. The third-order valence-electron chi connectivity index (χ3n) is 3.42. The number of carbonyl (C=O) groups is 2. The van der Waals surface area contributed by atoms with Gasteiger partial charge in [-0.2, -0.15) is 0 Å². The van der Waals surface area contributed by atoms with Gasteiger partial charge >= 0.3 is 0 Å². The molecule has 0 aliphatic carbocycles. The van der Waals surface area contributed by atoms with Gasteiger partial charge in [-0.25, -0.2) is 0 Å². The van der Waals surface area contributed by atoms with Crippen LogP contribution in [0.5, 0.6) is 0 Å². The summed E-state index contributed by atoms with van der Waals surface area (Å²) < 4.78 is 11.0. The van der Waals surface area contributed by atoms with Crippen LogP contribution in [0.4, 0.5) is 0 Å². The van der Waals surface area contributed by atoms with Crippen molar-refractivity contribution >= 4 is 11.8 Å². The minimum atomic E-state index is -0.535. The number of nitrogens with two attached hydrogens (primary N) is 2. The molecular weight excluding hydrogens is 288 g/mol. The number of nitrogens with zero attached hydrogens (tertiary/aromatic N) is 2. The molecule has 8 heteroatoms. The zero-order valence-corrected chi connectivity index (χ0v) is 13.5. The van der Waals surface area contributed by atoms with Crippen LogP contribution >= 0.6 is 0 Å². The average Bonchev–Trinajstić information content (AvgIpc) is 2.46. The quantitative estimate of drug-likeness (QED) is 0.634. The normalized spacial score (nSPS) is 21.5. The summed E-state index contributed by atoms with van der Waals surface area (Å²) in [7, 11) is 0. The molecule has 128 valence electrons. The summed E-state index contributed by atoms with van der Waals surface area (Å²) in [6, 6.07) is -1.07. The Morgan fingerprint density at radius 3 is 1.27 bits per heavy atom. The summed E-state index contributed by atoms with van der Waals surface area (Å²) in [5.41, 5.74) is 11.3. The van der Waals surface area contributed by atoms with Gasteiger partial charge in [0, 0.05) is 26.2 Å². The van der Waals surface area contributed by atoms with Crippen molar-refractivity contribution in [1.29, 1.82) is 0 Å². The number of amides is 2. The van der Waals surface area contributed by atoms with E-state index in [2.05, 4.69) is 0 Å². The third-order valence-corrected chi connectivity index (χ3v) is 3.42. The summed E-state index contributed by atoms with van der Waals surface area (Å²) in [6.07, 6.45) is 0. The van der Waals surface area contributed by atoms with Gasteiger partial charge in [-0.15, -0.1) is 0 Å². The van der Waals surface area contributed by atoms with E-state index in [1.807, 2.05) is 0 Å². The van der Waals surface area contributed by atoms with E-state index in [0.717, 1.165) is 0 Å². The Morgan fingerprint density at radius 2 is 1.05 bits per heavy atom. The largest absolute Gasteiger partial charge is 0.378 e. The molecule has 0 aromatic rings. The zero-order chi connectivity index (χ0) is 16.5. The van der Waals surface area contributed by atoms with Gasteiger partial charge in [-0.1, -0.05) is 0 Å². The Balaban J connectivity index is 2.53. The van der Waals surface area contributed by atoms with Gasteiger partial charge in [0.15, 0.2) is 0 Å². The molecule has 2 unspecified atom stereocenters. The SMILES string of the molecule is CC(N)C(=O)N1CCOCCN(C(=O)C(C)N)CCOCC1. The molecule has 2 atom stereocenters. The fourth-order valence-corrected chi connectivity index (χ4v) is 2.14. The Bertz CT molecular complexity index is 317. The van der Waals surface area contributed by atoms with Gasteiger partial charge < -0.3 is 30.7 Å². The monoisotopic (exact) mass is 316 g/mol. The number of hydrogen-bond acceptors (Lipinski definition) is 6. The molecule has 0 aromatic heterocycles. The average molecular weight is 316 g/mol. The molecule has 1 fully saturated rings. The lowest BCUT2D eigenvalue weighted by molar-refractivity contribution is -0.135. The number of hydrogen-bond donors (Lipinski definition) is 2. The number of ether oxygens (including phenoxy) is 2. The minimum absolute atomic E-state index is 0.113. The van der Waals surface area contributed by atoms with Gasteiger partial charge in [0.1, 0.15) is 0 Å². The molecule has 0 radical (unpaired) electrons. The second-order valence-corrected chi connectivity index (χ2v) is 5.45. The van der Waals surface area contributed by atoms with Crippen molar-refractivity contribution in [1.82, 2.24) is 9.80 Å². The maximum atomic E-state index is 12.0. The summed E-state index contributed by atoms with van der Waals surface area (Å²) in [6.45, 7) is 6.79. The first-order chi connectivity index (χ1) is 10.4. The molecule has 0 saturated carbocycles. The van der Waals surface area contributed by atoms with Crippen molar-refractivity contribution in [2.75, 3.05) is 52.6 Å². The highest BCUT2D eigenvalue weighted by Gasteiger charge is 2.19. The van der Waals surface area contributed by atoms with Crippen molar-refractivity contribution in [3.05, 3.63) is 0 Å². The van der Waals surface area contributed by atoms with Gasteiger partial charge in [0.05, 0.1) is 38.5 Å². The van der Waals surface area contributed by atoms with Crippen molar-refractivity contribution < 1.29 is 19.1 Å². The summed E-state index contributed by atoms with van der Waals surface area (Å²) >= 11 is 0. The van der Waals surface area contributed by atoms with Crippen LogP contribution < -0.4 is 11.5 Å². The van der Waals surface area contributed by atoms with E-state index in [9.17, 15) is 9.59 Å². The van der Waals surface area contributed by atoms with Gasteiger partial charge in [-0.3, -0.25) is 9.59 Å². The highest BCUT2D eigenvalue weighted by atomic mass is 16.5. The van der Waals surface area contributed by atoms with Crippen LogP contribution in [0.3, 0.4) is 0 Å². The molecule has 22 heavy (non-hydrogen) atoms. The van der Waals surface area contributed by atoms with Crippen molar-refractivity contribution in [2.45, 2.75) is 25.9 Å². The Hall–Kier alpha value is -1.22. The van der Waals surface area contributed by atoms with Crippen LogP contribution in [0.1, 0.15) is 13.8 Å². The number of rotatable bonds is 2. The molecule has 8 nitrogen and oxygen atoms in total. The second kappa shape index (κ2) is 9.73. The van der Waals surface area contributed by atoms with E-state index in [1.54, 1.807) is 23.6 Å². The second-order valence-electron chi connectivity index (χ2n) is 5.45. The fourth-order valence-electron chi connectivity index (χ4n) is 2.14. The van der Waals surface area contributed by atoms with Gasteiger partial charge in [0.25, 0.3) is 0 Å². The van der Waals surface area contributed by atoms with Crippen LogP contribution in [-0.4, -0.2) is 86.3 Å². The minimum Gasteiger partial charge on any atom is -0.378 e. The van der Waals surface area contributed by atoms with E-state index in [4.69, 9.17) is 20.9 Å². The van der Waals surface area contributed by atoms with E-state index < -0.39 is 12.1 Å². The first-order valence-corrected chi connectivity index (χ1v) is 7.67. The van der Waals surface area contributed by atoms with E-state index >= 15 is 0 Å². The summed E-state index contributed by atoms with van der Waals surface area (Å²) in [5, 5.41) is 0. The highest BCUT2D eigenvalue weighted by Crippen LogP contribution is 1.99. The smallest absolute Gasteiger partial charge is 0.239 e.